The predicted molar refractivity (Wildman–Crippen MR) is 130 cm³/mol. The van der Waals surface area contributed by atoms with Crippen LogP contribution >= 0.6 is 22.9 Å². The molecule has 2 aliphatic rings. The highest BCUT2D eigenvalue weighted by Crippen LogP contribution is 2.26. The van der Waals surface area contributed by atoms with Crippen molar-refractivity contribution in [1.82, 2.24) is 30.8 Å². The molecule has 4 N–H and O–H groups in total. The highest BCUT2D eigenvalue weighted by molar-refractivity contribution is 7.13. The van der Waals surface area contributed by atoms with Crippen molar-refractivity contribution >= 4 is 45.7 Å². The first kappa shape index (κ1) is 22.3. The summed E-state index contributed by atoms with van der Waals surface area (Å²) in [6.07, 6.45) is 0.872. The number of carbonyl (C=O) groups excluding carboxylic acids is 2. The number of nitrogens with one attached hydrogen (secondary N) is 4. The number of aromatic nitrogens is 2. The molecule has 2 aromatic heterocycles. The van der Waals surface area contributed by atoms with Gasteiger partial charge in [0.2, 0.25) is 0 Å². The number of hydrogen-bond donors (Lipinski definition) is 4. The van der Waals surface area contributed by atoms with Gasteiger partial charge in [-0.3, -0.25) is 14.5 Å². The Morgan fingerprint density at radius 2 is 1.94 bits per heavy atom. The Morgan fingerprint density at radius 1 is 1.18 bits per heavy atom. The molecular formula is C23H27ClN6O2S. The fourth-order valence-electron chi connectivity index (χ4n) is 4.44. The summed E-state index contributed by atoms with van der Waals surface area (Å²) in [4.78, 5) is 37.1. The zero-order valence-electron chi connectivity index (χ0n) is 18.6. The molecule has 8 nitrogen and oxygen atoms in total. The maximum atomic E-state index is 12.9. The van der Waals surface area contributed by atoms with Gasteiger partial charge in [0.25, 0.3) is 11.8 Å². The summed E-state index contributed by atoms with van der Waals surface area (Å²) < 4.78 is 0. The zero-order chi connectivity index (χ0) is 23.1. The summed E-state index contributed by atoms with van der Waals surface area (Å²) in [7, 11) is 0. The van der Waals surface area contributed by atoms with Crippen LogP contribution in [0.1, 0.15) is 44.7 Å². The van der Waals surface area contributed by atoms with Crippen molar-refractivity contribution < 1.29 is 9.59 Å². The number of H-pyrrole nitrogens is 1. The van der Waals surface area contributed by atoms with Crippen molar-refractivity contribution in [3.8, 4) is 0 Å². The van der Waals surface area contributed by atoms with Gasteiger partial charge in [-0.05, 0) is 38.1 Å². The second-order valence-corrected chi connectivity index (χ2v) is 10.5. The minimum Gasteiger partial charge on any atom is -0.351 e. The second-order valence-electron chi connectivity index (χ2n) is 8.94. The van der Waals surface area contributed by atoms with Crippen LogP contribution in [0, 0.1) is 0 Å². The largest absolute Gasteiger partial charge is 0.351 e. The number of rotatable bonds is 5. The molecule has 0 saturated carbocycles. The molecule has 4 heterocycles. The summed E-state index contributed by atoms with van der Waals surface area (Å²) in [5, 5.41) is 11.4. The molecule has 0 bridgehead atoms. The SMILES string of the molecule is CC(C)N1CCc2nc(C(=O)N[C@@H]3CNC[C@@H]3NC(=O)c3cc4cc(Cl)ccc4[nH]3)sc2C1. The smallest absolute Gasteiger partial charge is 0.280 e. The molecule has 2 amide bonds. The summed E-state index contributed by atoms with van der Waals surface area (Å²) in [5.41, 5.74) is 2.35. The molecule has 2 atom stereocenters. The topological polar surface area (TPSA) is 102 Å². The van der Waals surface area contributed by atoms with E-state index in [1.54, 1.807) is 12.1 Å². The van der Waals surface area contributed by atoms with E-state index in [4.69, 9.17) is 11.6 Å². The van der Waals surface area contributed by atoms with Gasteiger partial charge in [0.1, 0.15) is 5.69 Å². The second kappa shape index (κ2) is 9.06. The van der Waals surface area contributed by atoms with Gasteiger partial charge in [0.15, 0.2) is 5.01 Å². The Hall–Kier alpha value is -2.46. The molecule has 10 heteroatoms. The molecule has 0 aliphatic carbocycles. The van der Waals surface area contributed by atoms with Crippen molar-refractivity contribution in [3.63, 3.8) is 0 Å². The molecule has 5 rings (SSSR count). The fourth-order valence-corrected chi connectivity index (χ4v) is 5.65. The van der Waals surface area contributed by atoms with Gasteiger partial charge >= 0.3 is 0 Å². The van der Waals surface area contributed by atoms with Crippen LogP contribution in [0.25, 0.3) is 10.9 Å². The molecule has 1 aromatic carbocycles. The van der Waals surface area contributed by atoms with Crippen molar-refractivity contribution in [2.45, 2.75) is 44.9 Å². The fraction of sp³-hybridized carbons (Fsp3) is 0.435. The maximum absolute atomic E-state index is 12.9. The zero-order valence-corrected chi connectivity index (χ0v) is 20.1. The summed E-state index contributed by atoms with van der Waals surface area (Å²) >= 11 is 7.52. The van der Waals surface area contributed by atoms with Crippen LogP contribution in [-0.4, -0.2) is 64.4 Å². The minimum absolute atomic E-state index is 0.182. The third kappa shape index (κ3) is 4.63. The maximum Gasteiger partial charge on any atom is 0.280 e. The van der Waals surface area contributed by atoms with Crippen LogP contribution in [-0.2, 0) is 13.0 Å². The van der Waals surface area contributed by atoms with E-state index >= 15 is 0 Å². The highest BCUT2D eigenvalue weighted by atomic mass is 35.5. The molecule has 0 unspecified atom stereocenters. The lowest BCUT2D eigenvalue weighted by atomic mass is 10.1. The van der Waals surface area contributed by atoms with Gasteiger partial charge in [-0.25, -0.2) is 4.98 Å². The molecule has 174 valence electrons. The van der Waals surface area contributed by atoms with Crippen LogP contribution in [0.3, 0.4) is 0 Å². The summed E-state index contributed by atoms with van der Waals surface area (Å²) in [6.45, 7) is 7.36. The van der Waals surface area contributed by atoms with Crippen LogP contribution in [0.15, 0.2) is 24.3 Å². The van der Waals surface area contributed by atoms with Gasteiger partial charge in [0, 0.05) is 59.4 Å². The van der Waals surface area contributed by atoms with Crippen LogP contribution < -0.4 is 16.0 Å². The lowest BCUT2D eigenvalue weighted by molar-refractivity contribution is 0.0894. The van der Waals surface area contributed by atoms with E-state index < -0.39 is 0 Å². The van der Waals surface area contributed by atoms with Crippen LogP contribution in [0.2, 0.25) is 5.02 Å². The monoisotopic (exact) mass is 486 g/mol. The third-order valence-electron chi connectivity index (χ3n) is 6.36. The minimum atomic E-state index is -0.220. The Morgan fingerprint density at radius 3 is 2.70 bits per heavy atom. The Kier molecular flexibility index (Phi) is 6.13. The molecule has 1 saturated heterocycles. The molecule has 0 spiro atoms. The van der Waals surface area contributed by atoms with E-state index in [9.17, 15) is 9.59 Å². The third-order valence-corrected chi connectivity index (χ3v) is 7.68. The van der Waals surface area contributed by atoms with Crippen LogP contribution in [0.5, 0.6) is 0 Å². The van der Waals surface area contributed by atoms with Gasteiger partial charge in [-0.2, -0.15) is 0 Å². The quantitative estimate of drug-likeness (QED) is 0.444. The van der Waals surface area contributed by atoms with E-state index in [0.717, 1.165) is 36.1 Å². The lowest BCUT2D eigenvalue weighted by Crippen LogP contribution is -2.51. The van der Waals surface area contributed by atoms with Gasteiger partial charge < -0.3 is 20.9 Å². The number of benzene rings is 1. The number of amides is 2. The average Bonchev–Trinajstić information content (AvgIpc) is 3.50. The summed E-state index contributed by atoms with van der Waals surface area (Å²) in [6, 6.07) is 7.27. The first-order valence-corrected chi connectivity index (χ1v) is 12.4. The van der Waals surface area contributed by atoms with Gasteiger partial charge in [-0.1, -0.05) is 11.6 Å². The summed E-state index contributed by atoms with van der Waals surface area (Å²) in [5.74, 6) is -0.396. The van der Waals surface area contributed by atoms with E-state index in [1.807, 2.05) is 12.1 Å². The van der Waals surface area contributed by atoms with Crippen molar-refractivity contribution in [2.24, 2.45) is 0 Å². The number of thiazole rings is 1. The number of fused-ring (bicyclic) bond motifs is 2. The normalized spacial score (nSPS) is 20.8. The van der Waals surface area contributed by atoms with Crippen molar-refractivity contribution in [3.05, 3.63) is 50.6 Å². The Labute approximate surface area is 201 Å². The number of hydrogen-bond acceptors (Lipinski definition) is 6. The number of aromatic amines is 1. The van der Waals surface area contributed by atoms with Crippen LogP contribution in [0.4, 0.5) is 0 Å². The highest BCUT2D eigenvalue weighted by Gasteiger charge is 2.32. The van der Waals surface area contributed by atoms with E-state index in [0.29, 0.717) is 34.9 Å². The van der Waals surface area contributed by atoms with Gasteiger partial charge in [0.05, 0.1) is 17.8 Å². The lowest BCUT2D eigenvalue weighted by Gasteiger charge is -2.29. The number of carbonyl (C=O) groups is 2. The molecule has 3 aromatic rings. The number of halogens is 1. The molecule has 2 aliphatic heterocycles. The first-order chi connectivity index (χ1) is 15.9. The Bertz CT molecular complexity index is 1200. The molecule has 33 heavy (non-hydrogen) atoms. The van der Waals surface area contributed by atoms with E-state index in [2.05, 4.69) is 44.7 Å². The number of nitrogens with zero attached hydrogens (tertiary/aromatic N) is 2. The molecule has 1 fully saturated rings. The average molecular weight is 487 g/mol. The molecule has 0 radical (unpaired) electrons. The Balaban J connectivity index is 1.23. The van der Waals surface area contributed by atoms with E-state index in [1.165, 1.54) is 16.2 Å². The van der Waals surface area contributed by atoms with Crippen molar-refractivity contribution in [1.29, 1.82) is 0 Å². The standard InChI is InChI=1S/C23H27ClN6O2S/c1-12(2)30-6-5-16-20(11-30)33-23(29-16)22(32)28-19-10-25-9-18(19)27-21(31)17-8-13-7-14(24)3-4-15(13)26-17/h3-4,7-8,12,18-19,25-26H,5-6,9-11H2,1-2H3,(H,27,31)(H,28,32)/t18-,19+/m0/s1. The first-order valence-electron chi connectivity index (χ1n) is 11.2. The van der Waals surface area contributed by atoms with Crippen molar-refractivity contribution in [2.75, 3.05) is 19.6 Å². The van der Waals surface area contributed by atoms with E-state index in [-0.39, 0.29) is 23.9 Å². The van der Waals surface area contributed by atoms with Gasteiger partial charge in [-0.15, -0.1) is 11.3 Å². The molecular weight excluding hydrogens is 460 g/mol. The predicted octanol–water partition coefficient (Wildman–Crippen LogP) is 2.54.